The fraction of sp³-hybridized carbons (Fsp3) is 0.0500. The molecule has 0 N–H and O–H groups in total. The molecular formula is C20H17IN2. The van der Waals surface area contributed by atoms with Gasteiger partial charge in [-0.3, -0.25) is 4.40 Å². The Kier molecular flexibility index (Phi) is 4.48. The molecule has 0 fully saturated rings. The molecule has 0 spiro atoms. The van der Waals surface area contributed by atoms with Crippen molar-refractivity contribution in [2.45, 2.75) is 6.92 Å². The fourth-order valence-corrected chi connectivity index (χ4v) is 3.27. The summed E-state index contributed by atoms with van der Waals surface area (Å²) in [5, 5.41) is 2.30. The number of imidazole rings is 1. The normalized spacial score (nSPS) is 11.9. The first kappa shape index (κ1) is 15.7. The second-order valence-electron chi connectivity index (χ2n) is 5.18. The van der Waals surface area contributed by atoms with Gasteiger partial charge in [-0.05, 0) is 28.5 Å². The molecular weight excluding hydrogens is 395 g/mol. The lowest BCUT2D eigenvalue weighted by Gasteiger charge is -2.12. The molecule has 0 saturated heterocycles. The Bertz CT molecular complexity index is 974. The number of allylic oxidation sites excluding steroid dienone is 2. The second kappa shape index (κ2) is 6.54. The average molecular weight is 412 g/mol. The number of aromatic nitrogens is 2. The van der Waals surface area contributed by atoms with Crippen LogP contribution in [0.4, 0.5) is 0 Å². The van der Waals surface area contributed by atoms with E-state index in [2.05, 4.69) is 70.5 Å². The molecule has 114 valence electrons. The van der Waals surface area contributed by atoms with E-state index in [1.54, 1.807) is 6.08 Å². The number of hydrogen-bond acceptors (Lipinski definition) is 1. The van der Waals surface area contributed by atoms with E-state index >= 15 is 0 Å². The van der Waals surface area contributed by atoms with E-state index in [1.165, 1.54) is 5.39 Å². The van der Waals surface area contributed by atoms with Gasteiger partial charge in [0, 0.05) is 10.9 Å². The van der Waals surface area contributed by atoms with Crippen molar-refractivity contribution in [3.05, 3.63) is 76.3 Å². The number of fused-ring (bicyclic) bond motifs is 3. The Hall–Kier alpha value is -2.14. The van der Waals surface area contributed by atoms with Crippen molar-refractivity contribution < 1.29 is 0 Å². The van der Waals surface area contributed by atoms with Crippen molar-refractivity contribution in [2.24, 2.45) is 0 Å². The van der Waals surface area contributed by atoms with E-state index in [0.29, 0.717) is 0 Å². The maximum atomic E-state index is 4.82. The number of rotatable bonds is 4. The first-order chi connectivity index (χ1) is 11.2. The van der Waals surface area contributed by atoms with Crippen LogP contribution in [0.5, 0.6) is 0 Å². The molecule has 0 aliphatic rings. The van der Waals surface area contributed by atoms with Crippen LogP contribution < -0.4 is 0 Å². The zero-order chi connectivity index (χ0) is 16.4. The van der Waals surface area contributed by atoms with Gasteiger partial charge in [-0.15, -0.1) is 0 Å². The molecule has 0 unspecified atom stereocenters. The highest BCUT2D eigenvalue weighted by Crippen LogP contribution is 2.31. The summed E-state index contributed by atoms with van der Waals surface area (Å²) in [4.78, 5) is 4.82. The molecule has 2 nitrogen and oxygen atoms in total. The molecule has 23 heavy (non-hydrogen) atoms. The van der Waals surface area contributed by atoms with Crippen molar-refractivity contribution in [1.29, 1.82) is 0 Å². The largest absolute Gasteiger partial charge is 0.292 e. The fourth-order valence-electron chi connectivity index (χ4n) is 2.93. The molecule has 0 aliphatic heterocycles. The summed E-state index contributed by atoms with van der Waals surface area (Å²) < 4.78 is 4.22. The first-order valence-corrected chi connectivity index (χ1v) is 8.59. The Morgan fingerprint density at radius 3 is 2.48 bits per heavy atom. The minimum absolute atomic E-state index is 0.969. The number of hydrogen-bond donors (Lipinski definition) is 0. The Morgan fingerprint density at radius 1 is 1.09 bits per heavy atom. The van der Waals surface area contributed by atoms with Gasteiger partial charge < -0.3 is 0 Å². The lowest BCUT2D eigenvalue weighted by molar-refractivity contribution is 1.15. The summed E-state index contributed by atoms with van der Waals surface area (Å²) in [7, 11) is 0. The molecule has 0 aliphatic carbocycles. The number of aryl methyl sites for hydroxylation is 1. The molecule has 0 saturated carbocycles. The first-order valence-electron chi connectivity index (χ1n) is 7.35. The third-order valence-corrected chi connectivity index (χ3v) is 4.25. The summed E-state index contributed by atoms with van der Waals surface area (Å²) in [5.41, 5.74) is 5.24. The third kappa shape index (κ3) is 2.55. The smallest absolute Gasteiger partial charge is 0.145 e. The van der Waals surface area contributed by atoms with Gasteiger partial charge >= 0.3 is 0 Å². The van der Waals surface area contributed by atoms with Gasteiger partial charge in [-0.2, -0.15) is 0 Å². The molecule has 2 heterocycles. The van der Waals surface area contributed by atoms with E-state index in [1.807, 2.05) is 29.2 Å². The van der Waals surface area contributed by atoms with Crippen LogP contribution in [0.1, 0.15) is 22.6 Å². The van der Waals surface area contributed by atoms with Crippen LogP contribution in [0.2, 0.25) is 0 Å². The summed E-state index contributed by atoms with van der Waals surface area (Å²) in [6.45, 7) is 9.83. The molecule has 3 aromatic rings. The second-order valence-corrected chi connectivity index (χ2v) is 5.90. The van der Waals surface area contributed by atoms with Crippen LogP contribution in [0.25, 0.3) is 34.6 Å². The molecule has 0 radical (unpaired) electrons. The number of benzene rings is 1. The zero-order valence-corrected chi connectivity index (χ0v) is 15.1. The highest BCUT2D eigenvalue weighted by atomic mass is 127. The van der Waals surface area contributed by atoms with Crippen molar-refractivity contribution >= 4 is 57.2 Å². The van der Waals surface area contributed by atoms with E-state index in [9.17, 15) is 0 Å². The average Bonchev–Trinajstić information content (AvgIpc) is 2.90. The molecule has 3 rings (SSSR count). The van der Waals surface area contributed by atoms with Crippen LogP contribution >= 0.6 is 22.6 Å². The van der Waals surface area contributed by atoms with Crippen LogP contribution in [0, 0.1) is 6.92 Å². The number of pyridine rings is 1. The van der Waals surface area contributed by atoms with Crippen molar-refractivity contribution in [3.8, 4) is 0 Å². The van der Waals surface area contributed by atoms with E-state index in [4.69, 9.17) is 4.98 Å². The predicted molar refractivity (Wildman–Crippen MR) is 110 cm³/mol. The van der Waals surface area contributed by atoms with Gasteiger partial charge in [0.25, 0.3) is 0 Å². The SMILES string of the molecule is C=C/C=C\c1c(C)nc2c3ccccc3c(C=C)c(/C=C\I)n12. The van der Waals surface area contributed by atoms with Gasteiger partial charge in [0.1, 0.15) is 5.65 Å². The standard InChI is InChI=1S/C20H17IN2/c1-4-6-11-18-14(3)22-20-17-10-8-7-9-16(17)15(5-2)19(12-13-21)23(18)20/h4-13H,1-2H2,3H3/b11-6-,13-12-. The van der Waals surface area contributed by atoms with E-state index in [-0.39, 0.29) is 0 Å². The zero-order valence-electron chi connectivity index (χ0n) is 13.0. The molecule has 0 atom stereocenters. The summed E-state index contributed by atoms with van der Waals surface area (Å²) in [6, 6.07) is 8.34. The number of nitrogens with zero attached hydrogens (tertiary/aromatic N) is 2. The predicted octanol–water partition coefficient (Wildman–Crippen LogP) is 6.04. The van der Waals surface area contributed by atoms with Crippen LogP contribution in [0.15, 0.2) is 53.7 Å². The van der Waals surface area contributed by atoms with Gasteiger partial charge in [0.05, 0.1) is 17.1 Å². The van der Waals surface area contributed by atoms with Crippen LogP contribution in [-0.2, 0) is 0 Å². The Balaban J connectivity index is 2.61. The molecule has 0 amide bonds. The van der Waals surface area contributed by atoms with Crippen molar-refractivity contribution in [3.63, 3.8) is 0 Å². The highest BCUT2D eigenvalue weighted by Gasteiger charge is 2.16. The van der Waals surface area contributed by atoms with Gasteiger partial charge in [-0.25, -0.2) is 4.98 Å². The molecule has 1 aromatic carbocycles. The maximum Gasteiger partial charge on any atom is 0.145 e. The van der Waals surface area contributed by atoms with Gasteiger partial charge in [-0.1, -0.05) is 78.2 Å². The monoisotopic (exact) mass is 412 g/mol. The van der Waals surface area contributed by atoms with E-state index in [0.717, 1.165) is 33.7 Å². The van der Waals surface area contributed by atoms with Crippen molar-refractivity contribution in [2.75, 3.05) is 0 Å². The molecule has 2 aromatic heterocycles. The minimum Gasteiger partial charge on any atom is -0.292 e. The topological polar surface area (TPSA) is 17.3 Å². The quantitative estimate of drug-likeness (QED) is 0.377. The van der Waals surface area contributed by atoms with Gasteiger partial charge in [0.15, 0.2) is 0 Å². The van der Waals surface area contributed by atoms with Crippen LogP contribution in [-0.4, -0.2) is 9.38 Å². The lowest BCUT2D eigenvalue weighted by Crippen LogP contribution is -1.99. The molecule has 0 bridgehead atoms. The van der Waals surface area contributed by atoms with Crippen LogP contribution in [0.3, 0.4) is 0 Å². The highest BCUT2D eigenvalue weighted by molar-refractivity contribution is 14.1. The molecule has 3 heteroatoms. The summed E-state index contributed by atoms with van der Waals surface area (Å²) >= 11 is 2.24. The van der Waals surface area contributed by atoms with E-state index < -0.39 is 0 Å². The van der Waals surface area contributed by atoms with Gasteiger partial charge in [0.2, 0.25) is 0 Å². The third-order valence-electron chi connectivity index (χ3n) is 3.89. The minimum atomic E-state index is 0.969. The summed E-state index contributed by atoms with van der Waals surface area (Å²) in [5.74, 6) is 0. The lowest BCUT2D eigenvalue weighted by atomic mass is 10.0. The van der Waals surface area contributed by atoms with Crippen molar-refractivity contribution in [1.82, 2.24) is 9.38 Å². The Morgan fingerprint density at radius 2 is 1.83 bits per heavy atom. The maximum absolute atomic E-state index is 4.82. The summed E-state index contributed by atoms with van der Waals surface area (Å²) in [6.07, 6.45) is 9.79. The Labute approximate surface area is 149 Å². The number of halogens is 1.